The van der Waals surface area contributed by atoms with E-state index in [1.54, 1.807) is 0 Å². The Hall–Kier alpha value is -0.800. The molecule has 2 unspecified atom stereocenters. The zero-order valence-corrected chi connectivity index (χ0v) is 10.4. The average Bonchev–Trinajstić information content (AvgIpc) is 2.30. The highest BCUT2D eigenvalue weighted by Crippen LogP contribution is 2.31. The lowest BCUT2D eigenvalue weighted by atomic mass is 10.2. The molecule has 0 aliphatic carbocycles. The molecule has 5 heteroatoms. The molecule has 0 aromatic heterocycles. The standard InChI is InChI=1S/C11H16NO3P/c1-3-12(4-2)11(15-16(13)14)10-8-6-5-7-9-10/h5-9,11H,3-4H2,1-2H3/p+1. The van der Waals surface area contributed by atoms with Crippen LogP contribution in [0.1, 0.15) is 25.6 Å². The van der Waals surface area contributed by atoms with Crippen LogP contribution in [0.2, 0.25) is 0 Å². The molecule has 1 rings (SSSR count). The van der Waals surface area contributed by atoms with E-state index in [0.29, 0.717) is 0 Å². The van der Waals surface area contributed by atoms with Crippen molar-refractivity contribution in [1.82, 2.24) is 4.90 Å². The zero-order valence-electron chi connectivity index (χ0n) is 9.54. The summed E-state index contributed by atoms with van der Waals surface area (Å²) >= 11 is 0. The van der Waals surface area contributed by atoms with Crippen molar-refractivity contribution in [2.24, 2.45) is 0 Å². The fraction of sp³-hybridized carbons (Fsp3) is 0.455. The van der Waals surface area contributed by atoms with Gasteiger partial charge in [0.1, 0.15) is 0 Å². The van der Waals surface area contributed by atoms with Crippen molar-refractivity contribution in [3.05, 3.63) is 35.9 Å². The van der Waals surface area contributed by atoms with E-state index in [-0.39, 0.29) is 0 Å². The monoisotopic (exact) mass is 242 g/mol. The summed E-state index contributed by atoms with van der Waals surface area (Å²) in [5.74, 6) is 0. The number of benzene rings is 1. The van der Waals surface area contributed by atoms with Gasteiger partial charge in [-0.2, -0.15) is 0 Å². The maximum absolute atomic E-state index is 10.8. The van der Waals surface area contributed by atoms with Gasteiger partial charge in [-0.1, -0.05) is 48.7 Å². The lowest BCUT2D eigenvalue weighted by Crippen LogP contribution is -2.29. The van der Waals surface area contributed by atoms with E-state index in [1.807, 2.05) is 49.1 Å². The lowest BCUT2D eigenvalue weighted by molar-refractivity contribution is 0.0290. The van der Waals surface area contributed by atoms with E-state index in [2.05, 4.69) is 0 Å². The van der Waals surface area contributed by atoms with E-state index in [1.165, 1.54) is 0 Å². The van der Waals surface area contributed by atoms with E-state index in [0.717, 1.165) is 18.7 Å². The fourth-order valence-electron chi connectivity index (χ4n) is 1.60. The highest BCUT2D eigenvalue weighted by Gasteiger charge is 2.28. The Morgan fingerprint density at radius 3 is 2.31 bits per heavy atom. The summed E-state index contributed by atoms with van der Waals surface area (Å²) in [6.45, 7) is 5.51. The molecule has 0 spiro atoms. The third-order valence-electron chi connectivity index (χ3n) is 2.42. The minimum atomic E-state index is -2.60. The quantitative estimate of drug-likeness (QED) is 0.615. The first-order valence-electron chi connectivity index (χ1n) is 5.31. The summed E-state index contributed by atoms with van der Waals surface area (Å²) in [4.78, 5) is 10.9. The van der Waals surface area contributed by atoms with Crippen LogP contribution in [0.25, 0.3) is 0 Å². The van der Waals surface area contributed by atoms with Gasteiger partial charge in [0.05, 0.1) is 0 Å². The normalized spacial score (nSPS) is 13.9. The van der Waals surface area contributed by atoms with E-state index < -0.39 is 14.5 Å². The van der Waals surface area contributed by atoms with Crippen molar-refractivity contribution in [2.45, 2.75) is 20.1 Å². The number of hydrogen-bond donors (Lipinski definition) is 1. The molecule has 0 aliphatic heterocycles. The Labute approximate surface area is 96.8 Å². The molecule has 1 aromatic rings. The number of nitrogens with zero attached hydrogens (tertiary/aromatic N) is 1. The average molecular weight is 242 g/mol. The van der Waals surface area contributed by atoms with Crippen LogP contribution in [-0.4, -0.2) is 22.9 Å². The maximum Gasteiger partial charge on any atom is 0.696 e. The van der Waals surface area contributed by atoms with Crippen LogP contribution >= 0.6 is 8.25 Å². The van der Waals surface area contributed by atoms with Crippen LogP contribution in [-0.2, 0) is 9.09 Å². The van der Waals surface area contributed by atoms with Gasteiger partial charge in [0.15, 0.2) is 6.23 Å². The van der Waals surface area contributed by atoms with Gasteiger partial charge in [-0.05, 0) is 13.1 Å². The summed E-state index contributed by atoms with van der Waals surface area (Å²) in [6.07, 6.45) is -0.454. The molecular weight excluding hydrogens is 225 g/mol. The Morgan fingerprint density at radius 2 is 1.88 bits per heavy atom. The summed E-state index contributed by atoms with van der Waals surface area (Å²) < 4.78 is 15.9. The molecule has 16 heavy (non-hydrogen) atoms. The molecule has 1 N–H and O–H groups in total. The van der Waals surface area contributed by atoms with Crippen molar-refractivity contribution in [1.29, 1.82) is 0 Å². The maximum atomic E-state index is 10.8. The first kappa shape index (κ1) is 13.3. The van der Waals surface area contributed by atoms with Gasteiger partial charge in [0.25, 0.3) is 0 Å². The van der Waals surface area contributed by atoms with Crippen molar-refractivity contribution < 1.29 is 14.0 Å². The SMILES string of the molecule is CCN(CC)C(O[P+](=O)O)c1ccccc1. The molecule has 0 saturated heterocycles. The van der Waals surface area contributed by atoms with Crippen LogP contribution in [0.5, 0.6) is 0 Å². The summed E-state index contributed by atoms with van der Waals surface area (Å²) in [5.41, 5.74) is 0.892. The Morgan fingerprint density at radius 1 is 1.31 bits per heavy atom. The minimum absolute atomic E-state index is 0.454. The first-order chi connectivity index (χ1) is 7.69. The van der Waals surface area contributed by atoms with Gasteiger partial charge in [-0.3, -0.25) is 4.90 Å². The summed E-state index contributed by atoms with van der Waals surface area (Å²) in [7, 11) is -2.60. The second-order valence-electron chi connectivity index (χ2n) is 3.33. The molecule has 0 radical (unpaired) electrons. The number of hydrogen-bond acceptors (Lipinski definition) is 3. The molecular formula is C11H17NO3P+. The first-order valence-corrected chi connectivity index (χ1v) is 6.44. The molecule has 4 nitrogen and oxygen atoms in total. The van der Waals surface area contributed by atoms with Crippen molar-refractivity contribution in [3.8, 4) is 0 Å². The summed E-state index contributed by atoms with van der Waals surface area (Å²) in [5, 5.41) is 0. The van der Waals surface area contributed by atoms with Crippen molar-refractivity contribution >= 4 is 8.25 Å². The largest absolute Gasteiger partial charge is 0.696 e. The fourth-order valence-corrected chi connectivity index (χ4v) is 2.02. The predicted octanol–water partition coefficient (Wildman–Crippen LogP) is 2.69. The molecule has 0 fully saturated rings. The molecule has 1 aromatic carbocycles. The van der Waals surface area contributed by atoms with E-state index in [9.17, 15) is 4.57 Å². The van der Waals surface area contributed by atoms with Gasteiger partial charge < -0.3 is 0 Å². The number of rotatable bonds is 6. The smallest absolute Gasteiger partial charge is 0.271 e. The van der Waals surface area contributed by atoms with Crippen LogP contribution in [0.4, 0.5) is 0 Å². The third kappa shape index (κ3) is 3.65. The van der Waals surface area contributed by atoms with Crippen LogP contribution in [0, 0.1) is 0 Å². The second-order valence-corrected chi connectivity index (χ2v) is 4.01. The molecule has 88 valence electrons. The van der Waals surface area contributed by atoms with E-state index in [4.69, 9.17) is 9.42 Å². The second kappa shape index (κ2) is 6.71. The molecule has 0 saturated carbocycles. The van der Waals surface area contributed by atoms with Crippen LogP contribution in [0.3, 0.4) is 0 Å². The van der Waals surface area contributed by atoms with Crippen LogP contribution in [0.15, 0.2) is 30.3 Å². The van der Waals surface area contributed by atoms with Crippen molar-refractivity contribution in [3.63, 3.8) is 0 Å². The molecule has 0 bridgehead atoms. The lowest BCUT2D eigenvalue weighted by Gasteiger charge is -2.24. The van der Waals surface area contributed by atoms with Gasteiger partial charge in [0, 0.05) is 10.1 Å². The minimum Gasteiger partial charge on any atom is -0.271 e. The van der Waals surface area contributed by atoms with Gasteiger partial charge in [-0.15, -0.1) is 4.89 Å². The van der Waals surface area contributed by atoms with Gasteiger partial charge in [0.2, 0.25) is 0 Å². The Bertz CT molecular complexity index is 327. The van der Waals surface area contributed by atoms with Crippen molar-refractivity contribution in [2.75, 3.05) is 13.1 Å². The topological polar surface area (TPSA) is 49.8 Å². The zero-order chi connectivity index (χ0) is 12.0. The predicted molar refractivity (Wildman–Crippen MR) is 63.0 cm³/mol. The van der Waals surface area contributed by atoms with Crippen LogP contribution < -0.4 is 0 Å². The molecule has 0 aliphatic rings. The molecule has 0 amide bonds. The Balaban J connectivity index is 2.90. The molecule has 2 atom stereocenters. The highest BCUT2D eigenvalue weighted by molar-refractivity contribution is 7.32. The summed E-state index contributed by atoms with van der Waals surface area (Å²) in [6, 6.07) is 9.46. The van der Waals surface area contributed by atoms with Gasteiger partial charge >= 0.3 is 8.25 Å². The molecule has 0 heterocycles. The highest BCUT2D eigenvalue weighted by atomic mass is 31.1. The van der Waals surface area contributed by atoms with E-state index >= 15 is 0 Å². The van der Waals surface area contributed by atoms with Gasteiger partial charge in [-0.25, -0.2) is 0 Å². The Kier molecular flexibility index (Phi) is 5.56. The third-order valence-corrected chi connectivity index (χ3v) is 2.80.